The topological polar surface area (TPSA) is 91.9 Å². The number of ether oxygens (including phenoxy) is 1. The van der Waals surface area contributed by atoms with Crippen LogP contribution in [-0.4, -0.2) is 21.2 Å². The molecule has 162 valence electrons. The highest BCUT2D eigenvalue weighted by Gasteiger charge is 2.21. The van der Waals surface area contributed by atoms with Crippen LogP contribution in [0.2, 0.25) is 0 Å². The van der Waals surface area contributed by atoms with Gasteiger partial charge in [0.1, 0.15) is 24.2 Å². The van der Waals surface area contributed by atoms with Crippen LogP contribution in [0.15, 0.2) is 78.9 Å². The van der Waals surface area contributed by atoms with Gasteiger partial charge in [-0.15, -0.1) is 0 Å². The van der Waals surface area contributed by atoms with Crippen LogP contribution in [0.1, 0.15) is 34.4 Å². The number of aromatic amines is 1. The molecule has 4 aromatic rings. The van der Waals surface area contributed by atoms with Crippen molar-refractivity contribution in [3.8, 4) is 5.75 Å². The molecule has 0 bridgehead atoms. The number of hydrogen-bond acceptors (Lipinski definition) is 4. The fourth-order valence-electron chi connectivity index (χ4n) is 3.31. The number of aryl methyl sites for hydroxylation is 2. The highest BCUT2D eigenvalue weighted by molar-refractivity contribution is 5.91. The zero-order valence-electron chi connectivity index (χ0n) is 18.0. The Morgan fingerprint density at radius 1 is 1.00 bits per heavy atom. The summed E-state index contributed by atoms with van der Waals surface area (Å²) in [7, 11) is 0. The van der Waals surface area contributed by atoms with Crippen LogP contribution in [0.3, 0.4) is 0 Å². The van der Waals surface area contributed by atoms with E-state index in [0.29, 0.717) is 29.7 Å². The van der Waals surface area contributed by atoms with Gasteiger partial charge in [-0.2, -0.15) is 5.10 Å². The molecule has 2 amide bonds. The predicted octanol–water partition coefficient (Wildman–Crippen LogP) is 4.91. The summed E-state index contributed by atoms with van der Waals surface area (Å²) in [6.45, 7) is 4.21. The standard InChI is InChI=1S/C25H25N5O2/c1-17-13-14-21(22(15-17)32-16-19-9-5-3-6-10-19)27-25(31)28-23(20-11-7-4-8-12-20)24-26-18(2)29-30-24/h3-15,23H,16H2,1-2H3,(H,26,29,30)(H2,27,28,31). The van der Waals surface area contributed by atoms with Gasteiger partial charge in [0, 0.05) is 0 Å². The Hall–Kier alpha value is -4.13. The van der Waals surface area contributed by atoms with Crippen molar-refractivity contribution in [1.82, 2.24) is 20.5 Å². The number of rotatable bonds is 7. The van der Waals surface area contributed by atoms with E-state index in [4.69, 9.17) is 4.74 Å². The highest BCUT2D eigenvalue weighted by atomic mass is 16.5. The zero-order chi connectivity index (χ0) is 22.3. The van der Waals surface area contributed by atoms with Crippen LogP contribution in [0, 0.1) is 13.8 Å². The van der Waals surface area contributed by atoms with E-state index < -0.39 is 6.04 Å². The van der Waals surface area contributed by atoms with Crippen LogP contribution in [-0.2, 0) is 6.61 Å². The first-order chi connectivity index (χ1) is 15.6. The molecule has 0 aliphatic heterocycles. The van der Waals surface area contributed by atoms with Crippen LogP contribution in [0.25, 0.3) is 0 Å². The van der Waals surface area contributed by atoms with Gasteiger partial charge in [-0.3, -0.25) is 5.10 Å². The van der Waals surface area contributed by atoms with Crippen LogP contribution in [0.4, 0.5) is 10.5 Å². The number of amides is 2. The molecule has 1 heterocycles. The molecular weight excluding hydrogens is 402 g/mol. The van der Waals surface area contributed by atoms with Gasteiger partial charge >= 0.3 is 6.03 Å². The lowest BCUT2D eigenvalue weighted by Gasteiger charge is -2.18. The maximum atomic E-state index is 12.9. The third kappa shape index (κ3) is 5.31. The van der Waals surface area contributed by atoms with E-state index in [0.717, 1.165) is 16.7 Å². The Kier molecular flexibility index (Phi) is 6.46. The number of anilines is 1. The van der Waals surface area contributed by atoms with Crippen molar-refractivity contribution in [2.75, 3.05) is 5.32 Å². The summed E-state index contributed by atoms with van der Waals surface area (Å²) in [4.78, 5) is 17.3. The molecule has 0 saturated heterocycles. The second-order valence-corrected chi connectivity index (χ2v) is 7.50. The van der Waals surface area contributed by atoms with Crippen molar-refractivity contribution >= 4 is 11.7 Å². The molecule has 7 heteroatoms. The first-order valence-corrected chi connectivity index (χ1v) is 10.4. The summed E-state index contributed by atoms with van der Waals surface area (Å²) in [5, 5.41) is 13.0. The highest BCUT2D eigenvalue weighted by Crippen LogP contribution is 2.27. The van der Waals surface area contributed by atoms with E-state index in [2.05, 4.69) is 25.8 Å². The lowest BCUT2D eigenvalue weighted by Crippen LogP contribution is -2.34. The quantitative estimate of drug-likeness (QED) is 0.391. The minimum atomic E-state index is -0.500. The summed E-state index contributed by atoms with van der Waals surface area (Å²) in [5.74, 6) is 1.78. The van der Waals surface area contributed by atoms with Gasteiger partial charge in [-0.25, -0.2) is 9.78 Å². The molecule has 0 aliphatic rings. The lowest BCUT2D eigenvalue weighted by molar-refractivity contribution is 0.249. The van der Waals surface area contributed by atoms with E-state index >= 15 is 0 Å². The number of hydrogen-bond donors (Lipinski definition) is 3. The van der Waals surface area contributed by atoms with Gasteiger partial charge in [-0.1, -0.05) is 66.7 Å². The molecule has 0 aliphatic carbocycles. The number of carbonyl (C=O) groups is 1. The van der Waals surface area contributed by atoms with Crippen molar-refractivity contribution in [2.24, 2.45) is 0 Å². The van der Waals surface area contributed by atoms with Crippen LogP contribution in [0.5, 0.6) is 5.75 Å². The largest absolute Gasteiger partial charge is 0.487 e. The number of aromatic nitrogens is 3. The maximum Gasteiger partial charge on any atom is 0.320 e. The Balaban J connectivity index is 1.51. The number of carbonyl (C=O) groups excluding carboxylic acids is 1. The number of urea groups is 1. The zero-order valence-corrected chi connectivity index (χ0v) is 18.0. The van der Waals surface area contributed by atoms with Gasteiger partial charge in [-0.05, 0) is 42.7 Å². The summed E-state index contributed by atoms with van der Waals surface area (Å²) >= 11 is 0. The Bertz CT molecular complexity index is 1180. The molecule has 3 aromatic carbocycles. The molecule has 3 N–H and O–H groups in total. The summed E-state index contributed by atoms with van der Waals surface area (Å²) in [5.41, 5.74) is 3.55. The fourth-order valence-corrected chi connectivity index (χ4v) is 3.31. The summed E-state index contributed by atoms with van der Waals surface area (Å²) < 4.78 is 6.01. The molecule has 0 saturated carbocycles. The van der Waals surface area contributed by atoms with E-state index in [1.54, 1.807) is 0 Å². The van der Waals surface area contributed by atoms with E-state index in [1.807, 2.05) is 92.7 Å². The van der Waals surface area contributed by atoms with Gasteiger partial charge < -0.3 is 15.4 Å². The van der Waals surface area contributed by atoms with E-state index in [1.165, 1.54) is 0 Å². The Morgan fingerprint density at radius 2 is 1.72 bits per heavy atom. The lowest BCUT2D eigenvalue weighted by atomic mass is 10.1. The normalized spacial score (nSPS) is 11.6. The fraction of sp³-hybridized carbons (Fsp3) is 0.160. The molecule has 7 nitrogen and oxygen atoms in total. The molecule has 4 rings (SSSR count). The van der Waals surface area contributed by atoms with Crippen LogP contribution < -0.4 is 15.4 Å². The molecule has 0 spiro atoms. The molecule has 1 aromatic heterocycles. The van der Waals surface area contributed by atoms with Gasteiger partial charge in [0.25, 0.3) is 0 Å². The number of H-pyrrole nitrogens is 1. The van der Waals surface area contributed by atoms with E-state index in [9.17, 15) is 4.79 Å². The summed E-state index contributed by atoms with van der Waals surface area (Å²) in [6.07, 6.45) is 0. The summed E-state index contributed by atoms with van der Waals surface area (Å²) in [6, 6.07) is 24.3. The van der Waals surface area contributed by atoms with Crippen LogP contribution >= 0.6 is 0 Å². The molecule has 32 heavy (non-hydrogen) atoms. The van der Waals surface area contributed by atoms with Crippen molar-refractivity contribution in [1.29, 1.82) is 0 Å². The third-order valence-electron chi connectivity index (χ3n) is 4.90. The molecule has 0 radical (unpaired) electrons. The van der Waals surface area contributed by atoms with Crippen molar-refractivity contribution < 1.29 is 9.53 Å². The number of nitrogens with zero attached hydrogens (tertiary/aromatic N) is 2. The molecule has 0 fully saturated rings. The number of benzene rings is 3. The smallest absolute Gasteiger partial charge is 0.320 e. The number of nitrogens with one attached hydrogen (secondary N) is 3. The van der Waals surface area contributed by atoms with Crippen molar-refractivity contribution in [3.63, 3.8) is 0 Å². The Morgan fingerprint density at radius 3 is 2.41 bits per heavy atom. The minimum Gasteiger partial charge on any atom is -0.487 e. The minimum absolute atomic E-state index is 0.380. The third-order valence-corrected chi connectivity index (χ3v) is 4.90. The average molecular weight is 428 g/mol. The molecular formula is C25H25N5O2. The van der Waals surface area contributed by atoms with Gasteiger partial charge in [0.15, 0.2) is 5.82 Å². The van der Waals surface area contributed by atoms with Crippen molar-refractivity contribution in [2.45, 2.75) is 26.5 Å². The monoisotopic (exact) mass is 427 g/mol. The SMILES string of the molecule is Cc1ccc(NC(=O)NC(c2ccccc2)c2n[nH]c(C)n2)c(OCc2ccccc2)c1. The Labute approximate surface area is 186 Å². The second kappa shape index (κ2) is 9.78. The maximum absolute atomic E-state index is 12.9. The average Bonchev–Trinajstić information content (AvgIpc) is 3.25. The molecule has 1 unspecified atom stereocenters. The predicted molar refractivity (Wildman–Crippen MR) is 124 cm³/mol. The second-order valence-electron chi connectivity index (χ2n) is 7.50. The van der Waals surface area contributed by atoms with Gasteiger partial charge in [0.2, 0.25) is 0 Å². The first kappa shape index (κ1) is 21.1. The van der Waals surface area contributed by atoms with Gasteiger partial charge in [0.05, 0.1) is 5.69 Å². The van der Waals surface area contributed by atoms with E-state index in [-0.39, 0.29) is 6.03 Å². The first-order valence-electron chi connectivity index (χ1n) is 10.4. The van der Waals surface area contributed by atoms with Crippen molar-refractivity contribution in [3.05, 3.63) is 107 Å². The molecule has 1 atom stereocenters.